The van der Waals surface area contributed by atoms with Crippen LogP contribution in [0, 0.1) is 11.3 Å². The van der Waals surface area contributed by atoms with E-state index in [9.17, 15) is 19.4 Å². The number of aliphatic hydroxyl groups is 1. The number of carbonyl (C=O) groups excluding carboxylic acids is 1. The molecule has 0 saturated carbocycles. The molecule has 0 aliphatic rings. The number of benzene rings is 2. The molecule has 0 aliphatic heterocycles. The molecule has 1 atom stereocenters. The van der Waals surface area contributed by atoms with Crippen molar-refractivity contribution in [2.24, 2.45) is 0 Å². The molecule has 2 rings (SSSR count). The van der Waals surface area contributed by atoms with E-state index in [1.807, 2.05) is 39.8 Å². The lowest BCUT2D eigenvalue weighted by Gasteiger charge is -2.20. The zero-order valence-corrected chi connectivity index (χ0v) is 19.3. The van der Waals surface area contributed by atoms with Crippen molar-refractivity contribution in [1.29, 1.82) is 5.26 Å². The predicted molar refractivity (Wildman–Crippen MR) is 119 cm³/mol. The second-order valence-electron chi connectivity index (χ2n) is 8.61. The molecule has 0 spiro atoms. The summed E-state index contributed by atoms with van der Waals surface area (Å²) in [4.78, 5) is 13.2. The van der Waals surface area contributed by atoms with Crippen LogP contribution in [0.3, 0.4) is 0 Å². The summed E-state index contributed by atoms with van der Waals surface area (Å²) in [6, 6.07) is 12.6. The van der Waals surface area contributed by atoms with Crippen LogP contribution in [0.1, 0.15) is 81.2 Å². The highest BCUT2D eigenvalue weighted by Gasteiger charge is 2.20. The molecule has 0 aromatic heterocycles. The first kappa shape index (κ1) is 23.8. The number of carbonyl (C=O) groups is 1. The Morgan fingerprint density at radius 1 is 1.10 bits per heavy atom. The number of nitriles is 1. The summed E-state index contributed by atoms with van der Waals surface area (Å²) < 4.78 is 15.2. The van der Waals surface area contributed by atoms with Gasteiger partial charge < -0.3 is 5.11 Å². The Kier molecular flexibility index (Phi) is 7.57. The number of hydrogen-bond acceptors (Lipinski definition) is 4. The van der Waals surface area contributed by atoms with E-state index in [0.717, 1.165) is 16.7 Å². The van der Waals surface area contributed by atoms with Gasteiger partial charge in [0.2, 0.25) is 5.91 Å². The third-order valence-electron chi connectivity index (χ3n) is 5.01. The molecule has 2 N–H and O–H groups in total. The third kappa shape index (κ3) is 5.78. The van der Waals surface area contributed by atoms with Crippen LogP contribution >= 0.6 is 0 Å². The van der Waals surface area contributed by atoms with Crippen molar-refractivity contribution >= 4 is 16.9 Å². The monoisotopic (exact) mass is 426 g/mol. The lowest BCUT2D eigenvalue weighted by atomic mass is 9.85. The van der Waals surface area contributed by atoms with Crippen LogP contribution < -0.4 is 4.72 Å². The van der Waals surface area contributed by atoms with Gasteiger partial charge in [0.15, 0.2) is 11.0 Å². The molecule has 0 heterocycles. The average molecular weight is 427 g/mol. The fourth-order valence-electron chi connectivity index (χ4n) is 3.36. The minimum Gasteiger partial charge on any atom is -0.386 e. The van der Waals surface area contributed by atoms with Gasteiger partial charge >= 0.3 is 0 Å². The fourth-order valence-corrected chi connectivity index (χ4v) is 4.14. The van der Waals surface area contributed by atoms with Crippen LogP contribution in [0.2, 0.25) is 0 Å². The minimum atomic E-state index is -1.70. The van der Waals surface area contributed by atoms with Crippen molar-refractivity contribution in [2.75, 3.05) is 0 Å². The Morgan fingerprint density at radius 2 is 1.60 bits per heavy atom. The zero-order valence-electron chi connectivity index (χ0n) is 18.4. The first-order valence-electron chi connectivity index (χ1n) is 10.0. The Morgan fingerprint density at radius 3 is 2.00 bits per heavy atom. The maximum Gasteiger partial charge on any atom is 0.236 e. The largest absolute Gasteiger partial charge is 0.386 e. The highest BCUT2D eigenvalue weighted by atomic mass is 32.2. The van der Waals surface area contributed by atoms with E-state index in [0.29, 0.717) is 16.0 Å². The number of amides is 1. The maximum atomic E-state index is 12.7. The lowest BCUT2D eigenvalue weighted by molar-refractivity contribution is -0.118. The summed E-state index contributed by atoms with van der Waals surface area (Å²) in [5.74, 6) is -0.0367. The normalized spacial score (nSPS) is 12.7. The van der Waals surface area contributed by atoms with Crippen molar-refractivity contribution < 1.29 is 14.1 Å². The quantitative estimate of drug-likeness (QED) is 0.686. The summed E-state index contributed by atoms with van der Waals surface area (Å²) >= 11 is 0. The van der Waals surface area contributed by atoms with Gasteiger partial charge in [-0.05, 0) is 72.2 Å². The fraction of sp³-hybridized carbons (Fsp3) is 0.417. The summed E-state index contributed by atoms with van der Waals surface area (Å²) in [7, 11) is -1.70. The Labute approximate surface area is 181 Å². The van der Waals surface area contributed by atoms with Crippen LogP contribution in [0.5, 0.6) is 0 Å². The number of nitrogens with zero attached hydrogens (tertiary/aromatic N) is 1. The van der Waals surface area contributed by atoms with Crippen molar-refractivity contribution in [3.63, 3.8) is 0 Å². The molecule has 0 radical (unpaired) electrons. The SMILES string of the molecule is CC(C)c1cc(C#N)cc(C(C)C)c1CC(=O)NS(=O)c1ccc(C(C)(C)O)cc1. The van der Waals surface area contributed by atoms with Gasteiger partial charge in [0.05, 0.1) is 28.6 Å². The van der Waals surface area contributed by atoms with Gasteiger partial charge in [-0.25, -0.2) is 4.21 Å². The van der Waals surface area contributed by atoms with E-state index in [4.69, 9.17) is 0 Å². The van der Waals surface area contributed by atoms with Crippen molar-refractivity contribution in [3.05, 3.63) is 64.2 Å². The number of rotatable bonds is 7. The zero-order chi connectivity index (χ0) is 22.6. The van der Waals surface area contributed by atoms with E-state index >= 15 is 0 Å². The molecule has 1 unspecified atom stereocenters. The van der Waals surface area contributed by atoms with Crippen molar-refractivity contribution in [1.82, 2.24) is 4.72 Å². The van der Waals surface area contributed by atoms with Crippen LogP contribution in [-0.4, -0.2) is 15.2 Å². The van der Waals surface area contributed by atoms with E-state index < -0.39 is 16.6 Å². The molecule has 5 nitrogen and oxygen atoms in total. The molecule has 0 bridgehead atoms. The van der Waals surface area contributed by atoms with Gasteiger partial charge in [0, 0.05) is 0 Å². The van der Waals surface area contributed by atoms with Gasteiger partial charge in [-0.1, -0.05) is 39.8 Å². The molecule has 160 valence electrons. The van der Waals surface area contributed by atoms with E-state index in [1.165, 1.54) is 0 Å². The minimum absolute atomic E-state index is 0.0975. The molecule has 2 aromatic carbocycles. The summed E-state index contributed by atoms with van der Waals surface area (Å²) in [6.07, 6.45) is 0.0975. The maximum absolute atomic E-state index is 12.7. The highest BCUT2D eigenvalue weighted by Crippen LogP contribution is 2.30. The summed E-state index contributed by atoms with van der Waals surface area (Å²) in [6.45, 7) is 11.5. The molecular formula is C24H30N2O3S. The van der Waals surface area contributed by atoms with Gasteiger partial charge in [0.25, 0.3) is 0 Å². The highest BCUT2D eigenvalue weighted by molar-refractivity contribution is 7.83. The summed E-state index contributed by atoms with van der Waals surface area (Å²) in [5.41, 5.74) is 3.13. The molecule has 0 fully saturated rings. The summed E-state index contributed by atoms with van der Waals surface area (Å²) in [5, 5.41) is 19.4. The van der Waals surface area contributed by atoms with E-state index in [1.54, 1.807) is 38.1 Å². The standard InChI is InChI=1S/C24H30N2O3S/c1-15(2)20-11-17(14-25)12-21(16(3)4)22(20)13-23(27)26-30(29)19-9-7-18(8-10-19)24(5,6)28/h7-12,15-16,28H,13H2,1-6H3,(H,26,27). The van der Waals surface area contributed by atoms with Gasteiger partial charge in [-0.2, -0.15) is 5.26 Å². The van der Waals surface area contributed by atoms with Gasteiger partial charge in [0.1, 0.15) is 0 Å². The van der Waals surface area contributed by atoms with E-state index in [2.05, 4.69) is 10.8 Å². The molecule has 1 amide bonds. The second kappa shape index (κ2) is 9.55. The molecular weight excluding hydrogens is 396 g/mol. The topological polar surface area (TPSA) is 90.2 Å². The lowest BCUT2D eigenvalue weighted by Crippen LogP contribution is -2.28. The Bertz CT molecular complexity index is 952. The third-order valence-corrected chi connectivity index (χ3v) is 6.12. The number of nitrogens with one attached hydrogen (secondary N) is 1. The van der Waals surface area contributed by atoms with E-state index in [-0.39, 0.29) is 24.2 Å². The molecule has 6 heteroatoms. The number of hydrogen-bond donors (Lipinski definition) is 2. The van der Waals surface area contributed by atoms with Crippen LogP contribution in [-0.2, 0) is 27.8 Å². The average Bonchev–Trinajstić information content (AvgIpc) is 2.66. The van der Waals surface area contributed by atoms with Crippen molar-refractivity contribution in [2.45, 2.75) is 70.3 Å². The predicted octanol–water partition coefficient (Wildman–Crippen LogP) is 4.41. The Balaban J connectivity index is 2.25. The van der Waals surface area contributed by atoms with Crippen LogP contribution in [0.25, 0.3) is 0 Å². The molecule has 0 aliphatic carbocycles. The molecule has 30 heavy (non-hydrogen) atoms. The first-order chi connectivity index (χ1) is 13.9. The van der Waals surface area contributed by atoms with Gasteiger partial charge in [-0.3, -0.25) is 9.52 Å². The van der Waals surface area contributed by atoms with Gasteiger partial charge in [-0.15, -0.1) is 0 Å². The smallest absolute Gasteiger partial charge is 0.236 e. The molecule has 0 saturated heterocycles. The van der Waals surface area contributed by atoms with Crippen molar-refractivity contribution in [3.8, 4) is 6.07 Å². The second-order valence-corrected chi connectivity index (χ2v) is 9.82. The Hall–Kier alpha value is -2.49. The molecule has 2 aromatic rings. The van der Waals surface area contributed by atoms with Crippen LogP contribution in [0.4, 0.5) is 0 Å². The first-order valence-corrected chi connectivity index (χ1v) is 11.2. The van der Waals surface area contributed by atoms with Crippen LogP contribution in [0.15, 0.2) is 41.3 Å².